The molecule has 1 aliphatic carbocycles. The second-order valence-corrected chi connectivity index (χ2v) is 4.09. The zero-order valence-electron chi connectivity index (χ0n) is 7.98. The van der Waals surface area contributed by atoms with Gasteiger partial charge in [-0.25, -0.2) is 4.98 Å². The summed E-state index contributed by atoms with van der Waals surface area (Å²) < 4.78 is 2.04. The van der Waals surface area contributed by atoms with Crippen LogP contribution in [0.4, 0.5) is 0 Å². The Morgan fingerprint density at radius 2 is 2.08 bits per heavy atom. The van der Waals surface area contributed by atoms with Crippen LogP contribution in [0.5, 0.6) is 5.88 Å². The van der Waals surface area contributed by atoms with Gasteiger partial charge in [0.2, 0.25) is 5.88 Å². The summed E-state index contributed by atoms with van der Waals surface area (Å²) in [5.74, 6) is 1.01. The minimum absolute atomic E-state index is 0.138. The van der Waals surface area contributed by atoms with Gasteiger partial charge in [-0.1, -0.05) is 6.92 Å². The van der Waals surface area contributed by atoms with Crippen LogP contribution in [0.15, 0.2) is 12.5 Å². The Morgan fingerprint density at radius 1 is 1.38 bits per heavy atom. The van der Waals surface area contributed by atoms with E-state index in [9.17, 15) is 0 Å². The third kappa shape index (κ3) is 1.85. The quantitative estimate of drug-likeness (QED) is 0.720. The van der Waals surface area contributed by atoms with Gasteiger partial charge in [-0.2, -0.15) is 0 Å². The monoisotopic (exact) mass is 180 g/mol. The Hall–Kier alpha value is -0.990. The maximum absolute atomic E-state index is 9.10. The Morgan fingerprint density at radius 3 is 2.62 bits per heavy atom. The van der Waals surface area contributed by atoms with Gasteiger partial charge in [0.15, 0.2) is 0 Å². The summed E-state index contributed by atoms with van der Waals surface area (Å²) in [5.41, 5.74) is 0. The zero-order valence-corrected chi connectivity index (χ0v) is 7.98. The second kappa shape index (κ2) is 3.40. The summed E-state index contributed by atoms with van der Waals surface area (Å²) in [4.78, 5) is 3.83. The van der Waals surface area contributed by atoms with Crippen LogP contribution in [0.1, 0.15) is 38.6 Å². The van der Waals surface area contributed by atoms with Crippen LogP contribution in [0, 0.1) is 5.92 Å². The van der Waals surface area contributed by atoms with Gasteiger partial charge >= 0.3 is 0 Å². The largest absolute Gasteiger partial charge is 0.492 e. The third-order valence-corrected chi connectivity index (χ3v) is 2.99. The third-order valence-electron chi connectivity index (χ3n) is 2.99. The number of imidazole rings is 1. The predicted molar refractivity (Wildman–Crippen MR) is 50.6 cm³/mol. The number of rotatable bonds is 1. The first-order chi connectivity index (χ1) is 6.25. The van der Waals surface area contributed by atoms with Crippen molar-refractivity contribution in [2.24, 2.45) is 5.92 Å². The summed E-state index contributed by atoms with van der Waals surface area (Å²) in [6.07, 6.45) is 8.48. The molecule has 1 N–H and O–H groups in total. The maximum atomic E-state index is 9.10. The average molecular weight is 180 g/mol. The molecule has 0 spiro atoms. The highest BCUT2D eigenvalue weighted by molar-refractivity contribution is 5.02. The molecule has 3 heteroatoms. The Labute approximate surface area is 78.4 Å². The van der Waals surface area contributed by atoms with Crippen molar-refractivity contribution in [3.8, 4) is 5.88 Å². The molecule has 0 amide bonds. The first kappa shape index (κ1) is 8.60. The molecule has 1 aromatic rings. The zero-order chi connectivity index (χ0) is 9.26. The molecular weight excluding hydrogens is 164 g/mol. The number of aromatic nitrogens is 2. The van der Waals surface area contributed by atoms with Crippen LogP contribution in [0.25, 0.3) is 0 Å². The summed E-state index contributed by atoms with van der Waals surface area (Å²) in [6, 6.07) is 0.560. The van der Waals surface area contributed by atoms with Crippen LogP contribution < -0.4 is 0 Å². The minimum atomic E-state index is 0.138. The molecule has 0 radical (unpaired) electrons. The topological polar surface area (TPSA) is 38.0 Å². The molecule has 13 heavy (non-hydrogen) atoms. The molecule has 1 heterocycles. The van der Waals surface area contributed by atoms with Crippen LogP contribution in [-0.4, -0.2) is 14.7 Å². The molecule has 0 aliphatic heterocycles. The summed E-state index contributed by atoms with van der Waals surface area (Å²) >= 11 is 0. The minimum Gasteiger partial charge on any atom is -0.492 e. The number of hydrogen-bond acceptors (Lipinski definition) is 2. The van der Waals surface area contributed by atoms with Crippen molar-refractivity contribution in [1.82, 2.24) is 9.55 Å². The van der Waals surface area contributed by atoms with Gasteiger partial charge in [-0.3, -0.25) is 0 Å². The lowest BCUT2D eigenvalue weighted by Gasteiger charge is -2.26. The average Bonchev–Trinajstić information content (AvgIpc) is 2.53. The molecule has 2 rings (SSSR count). The molecule has 1 aliphatic rings. The summed E-state index contributed by atoms with van der Waals surface area (Å²) in [5, 5.41) is 9.10. The first-order valence-electron chi connectivity index (χ1n) is 4.98. The smallest absolute Gasteiger partial charge is 0.229 e. The molecule has 0 bridgehead atoms. The molecule has 72 valence electrons. The second-order valence-electron chi connectivity index (χ2n) is 4.09. The van der Waals surface area contributed by atoms with Crippen molar-refractivity contribution < 1.29 is 5.11 Å². The van der Waals surface area contributed by atoms with Crippen molar-refractivity contribution in [2.45, 2.75) is 38.6 Å². The molecule has 1 aromatic heterocycles. The molecular formula is C10H16N2O. The van der Waals surface area contributed by atoms with Gasteiger partial charge in [0.25, 0.3) is 0 Å². The van der Waals surface area contributed by atoms with E-state index in [2.05, 4.69) is 11.9 Å². The highest BCUT2D eigenvalue weighted by Crippen LogP contribution is 2.31. The van der Waals surface area contributed by atoms with Gasteiger partial charge in [-0.15, -0.1) is 0 Å². The summed E-state index contributed by atoms with van der Waals surface area (Å²) in [7, 11) is 0. The van der Waals surface area contributed by atoms with Crippen molar-refractivity contribution in [2.75, 3.05) is 0 Å². The SMILES string of the molecule is CC1CCC(n2cnc(O)c2)CC1. The maximum Gasteiger partial charge on any atom is 0.229 e. The molecule has 0 saturated heterocycles. The molecule has 0 aromatic carbocycles. The van der Waals surface area contributed by atoms with Gasteiger partial charge in [0, 0.05) is 6.04 Å². The molecule has 1 fully saturated rings. The number of hydrogen-bond donors (Lipinski definition) is 1. The lowest BCUT2D eigenvalue weighted by atomic mass is 9.87. The van der Waals surface area contributed by atoms with Gasteiger partial charge in [-0.05, 0) is 31.6 Å². The fourth-order valence-electron chi connectivity index (χ4n) is 2.07. The van der Waals surface area contributed by atoms with Crippen LogP contribution >= 0.6 is 0 Å². The Kier molecular flexibility index (Phi) is 2.25. The molecule has 3 nitrogen and oxygen atoms in total. The van der Waals surface area contributed by atoms with Crippen LogP contribution in [0.2, 0.25) is 0 Å². The van der Waals surface area contributed by atoms with Gasteiger partial charge in [0.1, 0.15) is 0 Å². The van der Waals surface area contributed by atoms with Crippen molar-refractivity contribution in [1.29, 1.82) is 0 Å². The fraction of sp³-hybridized carbons (Fsp3) is 0.700. The van der Waals surface area contributed by atoms with E-state index in [0.29, 0.717) is 6.04 Å². The van der Waals surface area contributed by atoms with Gasteiger partial charge < -0.3 is 9.67 Å². The van der Waals surface area contributed by atoms with E-state index in [0.717, 1.165) is 5.92 Å². The van der Waals surface area contributed by atoms with E-state index in [1.54, 1.807) is 12.5 Å². The van der Waals surface area contributed by atoms with Crippen LogP contribution in [0.3, 0.4) is 0 Å². The van der Waals surface area contributed by atoms with E-state index < -0.39 is 0 Å². The van der Waals surface area contributed by atoms with Crippen molar-refractivity contribution in [3.63, 3.8) is 0 Å². The van der Waals surface area contributed by atoms with Crippen molar-refractivity contribution >= 4 is 0 Å². The standard InChI is InChI=1S/C10H16N2O/c1-8-2-4-9(5-3-8)12-6-10(13)11-7-12/h6-9,13H,2-5H2,1H3. The molecule has 1 saturated carbocycles. The fourth-order valence-corrected chi connectivity index (χ4v) is 2.07. The highest BCUT2D eigenvalue weighted by atomic mass is 16.3. The van der Waals surface area contributed by atoms with E-state index in [-0.39, 0.29) is 5.88 Å². The van der Waals surface area contributed by atoms with E-state index in [1.165, 1.54) is 25.7 Å². The van der Waals surface area contributed by atoms with Crippen LogP contribution in [-0.2, 0) is 0 Å². The molecule has 0 atom stereocenters. The lowest BCUT2D eigenvalue weighted by molar-refractivity contribution is 0.289. The highest BCUT2D eigenvalue weighted by Gasteiger charge is 2.19. The van der Waals surface area contributed by atoms with E-state index >= 15 is 0 Å². The van der Waals surface area contributed by atoms with Crippen molar-refractivity contribution in [3.05, 3.63) is 12.5 Å². The lowest BCUT2D eigenvalue weighted by Crippen LogP contribution is -2.15. The van der Waals surface area contributed by atoms with E-state index in [4.69, 9.17) is 5.11 Å². The Bertz CT molecular complexity index is 274. The predicted octanol–water partition coefficient (Wildman–Crippen LogP) is 2.34. The summed E-state index contributed by atoms with van der Waals surface area (Å²) in [6.45, 7) is 2.31. The number of aromatic hydroxyl groups is 1. The first-order valence-corrected chi connectivity index (χ1v) is 4.98. The molecule has 0 unspecified atom stereocenters. The Balaban J connectivity index is 2.02. The van der Waals surface area contributed by atoms with Gasteiger partial charge in [0.05, 0.1) is 12.5 Å². The van der Waals surface area contributed by atoms with E-state index in [1.807, 2.05) is 4.57 Å². The normalized spacial score (nSPS) is 29.0. The number of nitrogens with zero attached hydrogens (tertiary/aromatic N) is 2.